The van der Waals surface area contributed by atoms with Gasteiger partial charge < -0.3 is 19.5 Å². The highest BCUT2D eigenvalue weighted by atomic mass is 16.5. The van der Waals surface area contributed by atoms with Gasteiger partial charge in [0.1, 0.15) is 16.9 Å². The second kappa shape index (κ2) is 9.22. The summed E-state index contributed by atoms with van der Waals surface area (Å²) in [6.07, 6.45) is 3.44. The SMILES string of the molecule is COC(=O)c1cc(NC(=O)C2(OC)CCCC(C)C2)ccc1OCC(C)C. The van der Waals surface area contributed by atoms with Crippen molar-refractivity contribution in [1.82, 2.24) is 0 Å². The summed E-state index contributed by atoms with van der Waals surface area (Å²) >= 11 is 0. The van der Waals surface area contributed by atoms with Crippen LogP contribution in [0.2, 0.25) is 0 Å². The van der Waals surface area contributed by atoms with Crippen molar-refractivity contribution in [3.8, 4) is 5.75 Å². The zero-order valence-corrected chi connectivity index (χ0v) is 17.0. The van der Waals surface area contributed by atoms with Gasteiger partial charge >= 0.3 is 5.97 Å². The number of esters is 1. The number of carbonyl (C=O) groups excluding carboxylic acids is 2. The smallest absolute Gasteiger partial charge is 0.341 e. The molecule has 0 bridgehead atoms. The van der Waals surface area contributed by atoms with Gasteiger partial charge in [-0.3, -0.25) is 4.79 Å². The van der Waals surface area contributed by atoms with E-state index in [2.05, 4.69) is 12.2 Å². The molecular formula is C21H31NO5. The summed E-state index contributed by atoms with van der Waals surface area (Å²) in [5.74, 6) is 0.522. The lowest BCUT2D eigenvalue weighted by Crippen LogP contribution is -2.47. The fraction of sp³-hybridized carbons (Fsp3) is 0.619. The molecule has 0 heterocycles. The van der Waals surface area contributed by atoms with Crippen molar-refractivity contribution in [2.24, 2.45) is 11.8 Å². The highest BCUT2D eigenvalue weighted by Crippen LogP contribution is 2.36. The third kappa shape index (κ3) is 5.22. The standard InChI is InChI=1S/C21H31NO5/c1-14(2)13-27-18-9-8-16(11-17(18)19(23)25-4)22-20(24)21(26-5)10-6-7-15(3)12-21/h8-9,11,14-15H,6-7,10,12-13H2,1-5H3,(H,22,24). The second-order valence-electron chi connectivity index (χ2n) is 7.76. The Hall–Kier alpha value is -2.08. The van der Waals surface area contributed by atoms with Crippen molar-refractivity contribution in [2.75, 3.05) is 26.1 Å². The number of hydrogen-bond acceptors (Lipinski definition) is 5. The molecule has 27 heavy (non-hydrogen) atoms. The summed E-state index contributed by atoms with van der Waals surface area (Å²) < 4.78 is 16.2. The average Bonchev–Trinajstić information content (AvgIpc) is 2.65. The monoisotopic (exact) mass is 377 g/mol. The molecule has 1 aliphatic carbocycles. The third-order valence-corrected chi connectivity index (χ3v) is 4.98. The summed E-state index contributed by atoms with van der Waals surface area (Å²) in [6.45, 7) is 6.68. The van der Waals surface area contributed by atoms with E-state index in [0.29, 0.717) is 48.3 Å². The van der Waals surface area contributed by atoms with E-state index in [9.17, 15) is 9.59 Å². The van der Waals surface area contributed by atoms with Gasteiger partial charge in [-0.05, 0) is 49.3 Å². The van der Waals surface area contributed by atoms with Gasteiger partial charge in [-0.1, -0.05) is 27.2 Å². The lowest BCUT2D eigenvalue weighted by molar-refractivity contribution is -0.143. The van der Waals surface area contributed by atoms with Crippen LogP contribution in [0.1, 0.15) is 56.8 Å². The van der Waals surface area contributed by atoms with Crippen LogP contribution in [0.15, 0.2) is 18.2 Å². The highest BCUT2D eigenvalue weighted by Gasteiger charge is 2.42. The van der Waals surface area contributed by atoms with E-state index in [1.165, 1.54) is 7.11 Å². The summed E-state index contributed by atoms with van der Waals surface area (Å²) in [4.78, 5) is 25.1. The summed E-state index contributed by atoms with van der Waals surface area (Å²) in [5.41, 5.74) is -0.0120. The van der Waals surface area contributed by atoms with Gasteiger partial charge in [-0.2, -0.15) is 0 Å². The van der Waals surface area contributed by atoms with Gasteiger partial charge in [0.25, 0.3) is 5.91 Å². The van der Waals surface area contributed by atoms with Crippen LogP contribution in [0.4, 0.5) is 5.69 Å². The second-order valence-corrected chi connectivity index (χ2v) is 7.76. The maximum atomic E-state index is 12.9. The van der Waals surface area contributed by atoms with Crippen molar-refractivity contribution < 1.29 is 23.8 Å². The molecule has 0 aromatic heterocycles. The number of amides is 1. The molecule has 2 atom stereocenters. The van der Waals surface area contributed by atoms with Crippen LogP contribution in [-0.4, -0.2) is 38.3 Å². The number of anilines is 1. The Bertz CT molecular complexity index is 673. The van der Waals surface area contributed by atoms with Gasteiger partial charge in [0, 0.05) is 12.8 Å². The van der Waals surface area contributed by atoms with E-state index in [4.69, 9.17) is 14.2 Å². The highest BCUT2D eigenvalue weighted by molar-refractivity contribution is 5.99. The zero-order chi connectivity index (χ0) is 20.0. The molecule has 0 aliphatic heterocycles. The maximum Gasteiger partial charge on any atom is 0.341 e. The molecule has 6 heteroatoms. The van der Waals surface area contributed by atoms with Gasteiger partial charge in [0.05, 0.1) is 13.7 Å². The zero-order valence-electron chi connectivity index (χ0n) is 17.0. The Morgan fingerprint density at radius 3 is 2.63 bits per heavy atom. The Morgan fingerprint density at radius 1 is 1.30 bits per heavy atom. The molecule has 1 aliphatic rings. The summed E-state index contributed by atoms with van der Waals surface area (Å²) in [7, 11) is 2.91. The van der Waals surface area contributed by atoms with Crippen LogP contribution in [0, 0.1) is 11.8 Å². The average molecular weight is 377 g/mol. The molecule has 2 rings (SSSR count). The predicted octanol–water partition coefficient (Wildman–Crippen LogP) is 4.04. The van der Waals surface area contributed by atoms with Gasteiger partial charge in [0.2, 0.25) is 0 Å². The van der Waals surface area contributed by atoms with Gasteiger partial charge in [-0.25, -0.2) is 4.79 Å². The van der Waals surface area contributed by atoms with E-state index < -0.39 is 11.6 Å². The fourth-order valence-electron chi connectivity index (χ4n) is 3.49. The van der Waals surface area contributed by atoms with E-state index in [1.54, 1.807) is 25.3 Å². The first-order valence-electron chi connectivity index (χ1n) is 9.53. The van der Waals surface area contributed by atoms with Crippen LogP contribution in [0.25, 0.3) is 0 Å². The van der Waals surface area contributed by atoms with Crippen LogP contribution in [0.3, 0.4) is 0 Å². The minimum Gasteiger partial charge on any atom is -0.492 e. The molecule has 0 saturated heterocycles. The van der Waals surface area contributed by atoms with E-state index in [-0.39, 0.29) is 5.91 Å². The number of rotatable bonds is 7. The molecule has 0 radical (unpaired) electrons. The normalized spacial score (nSPS) is 22.4. The number of hydrogen-bond donors (Lipinski definition) is 1. The molecule has 1 aromatic rings. The van der Waals surface area contributed by atoms with Crippen molar-refractivity contribution in [1.29, 1.82) is 0 Å². The Balaban J connectivity index is 2.22. The molecule has 150 valence electrons. The summed E-state index contributed by atoms with van der Waals surface area (Å²) in [5, 5.41) is 2.91. The lowest BCUT2D eigenvalue weighted by Gasteiger charge is -2.37. The molecule has 1 aromatic carbocycles. The largest absolute Gasteiger partial charge is 0.492 e. The molecular weight excluding hydrogens is 346 g/mol. The number of ether oxygens (including phenoxy) is 3. The molecule has 1 amide bonds. The number of nitrogens with one attached hydrogen (secondary N) is 1. The first-order chi connectivity index (χ1) is 12.8. The van der Waals surface area contributed by atoms with Crippen LogP contribution in [-0.2, 0) is 14.3 Å². The van der Waals surface area contributed by atoms with Crippen molar-refractivity contribution >= 4 is 17.6 Å². The molecule has 1 saturated carbocycles. The van der Waals surface area contributed by atoms with Gasteiger partial charge in [-0.15, -0.1) is 0 Å². The summed E-state index contributed by atoms with van der Waals surface area (Å²) in [6, 6.07) is 5.01. The third-order valence-electron chi connectivity index (χ3n) is 4.98. The number of methoxy groups -OCH3 is 2. The van der Waals surface area contributed by atoms with Gasteiger partial charge in [0.15, 0.2) is 0 Å². The van der Waals surface area contributed by atoms with E-state index in [0.717, 1.165) is 12.8 Å². The van der Waals surface area contributed by atoms with Crippen molar-refractivity contribution in [3.05, 3.63) is 23.8 Å². The van der Waals surface area contributed by atoms with Crippen LogP contribution < -0.4 is 10.1 Å². The van der Waals surface area contributed by atoms with Crippen molar-refractivity contribution in [3.63, 3.8) is 0 Å². The fourth-order valence-corrected chi connectivity index (χ4v) is 3.49. The minimum atomic E-state index is -0.824. The molecule has 2 unspecified atom stereocenters. The predicted molar refractivity (Wildman–Crippen MR) is 104 cm³/mol. The Kier molecular flexibility index (Phi) is 7.25. The van der Waals surface area contributed by atoms with Crippen LogP contribution in [0.5, 0.6) is 5.75 Å². The molecule has 6 nitrogen and oxygen atoms in total. The topological polar surface area (TPSA) is 73.9 Å². The van der Waals surface area contributed by atoms with Crippen LogP contribution >= 0.6 is 0 Å². The first-order valence-corrected chi connectivity index (χ1v) is 9.53. The molecule has 1 fully saturated rings. The lowest BCUT2D eigenvalue weighted by atomic mass is 9.78. The number of benzene rings is 1. The minimum absolute atomic E-state index is 0.178. The number of carbonyl (C=O) groups is 2. The Morgan fingerprint density at radius 2 is 2.04 bits per heavy atom. The van der Waals surface area contributed by atoms with E-state index >= 15 is 0 Å². The quantitative estimate of drug-likeness (QED) is 0.726. The molecule has 0 spiro atoms. The van der Waals surface area contributed by atoms with E-state index in [1.807, 2.05) is 13.8 Å². The first kappa shape index (κ1) is 21.2. The Labute approximate surface area is 161 Å². The molecule has 1 N–H and O–H groups in total. The van der Waals surface area contributed by atoms with Crippen molar-refractivity contribution in [2.45, 2.75) is 52.1 Å². The maximum absolute atomic E-state index is 12.9.